The van der Waals surface area contributed by atoms with Gasteiger partial charge in [0.2, 0.25) is 10.0 Å². The Morgan fingerprint density at radius 1 is 1.40 bits per heavy atom. The lowest BCUT2D eigenvalue weighted by molar-refractivity contribution is 0.588. The van der Waals surface area contributed by atoms with E-state index in [0.29, 0.717) is 6.54 Å². The molecule has 4 N–H and O–H groups in total. The van der Waals surface area contributed by atoms with E-state index < -0.39 is 10.0 Å². The maximum atomic E-state index is 11.7. The molecule has 0 spiro atoms. The third-order valence-corrected chi connectivity index (χ3v) is 5.08. The molecule has 0 amide bonds. The molecule has 1 aromatic carbocycles. The van der Waals surface area contributed by atoms with Crippen LogP contribution in [0.2, 0.25) is 0 Å². The minimum atomic E-state index is -3.52. The van der Waals surface area contributed by atoms with Crippen molar-refractivity contribution in [1.29, 1.82) is 0 Å². The third kappa shape index (κ3) is 3.27. The van der Waals surface area contributed by atoms with Crippen LogP contribution in [0.3, 0.4) is 0 Å². The van der Waals surface area contributed by atoms with E-state index in [9.17, 15) is 8.42 Å². The van der Waals surface area contributed by atoms with Crippen LogP contribution in [-0.2, 0) is 16.6 Å². The SMILES string of the molecule is CNS(=O)(=O)c1ccc(NCc2ncc(C)s2)cc1N. The molecule has 8 heteroatoms. The van der Waals surface area contributed by atoms with E-state index in [1.54, 1.807) is 23.5 Å². The average Bonchev–Trinajstić information content (AvgIpc) is 2.82. The molecule has 108 valence electrons. The smallest absolute Gasteiger partial charge is 0.242 e. The monoisotopic (exact) mass is 312 g/mol. The Balaban J connectivity index is 2.13. The summed E-state index contributed by atoms with van der Waals surface area (Å²) in [5, 5.41) is 4.13. The molecule has 0 fully saturated rings. The van der Waals surface area contributed by atoms with Gasteiger partial charge in [0.25, 0.3) is 0 Å². The summed E-state index contributed by atoms with van der Waals surface area (Å²) in [6.07, 6.45) is 1.82. The first kappa shape index (κ1) is 14.8. The number of aromatic nitrogens is 1. The summed E-state index contributed by atoms with van der Waals surface area (Å²) in [5.41, 5.74) is 6.75. The zero-order valence-corrected chi connectivity index (χ0v) is 12.8. The van der Waals surface area contributed by atoms with E-state index >= 15 is 0 Å². The molecule has 6 nitrogen and oxygen atoms in total. The second kappa shape index (κ2) is 5.78. The molecule has 0 aliphatic heterocycles. The molecule has 0 aliphatic carbocycles. The molecule has 1 heterocycles. The Kier molecular flexibility index (Phi) is 4.26. The van der Waals surface area contributed by atoms with Crippen LogP contribution in [0.25, 0.3) is 0 Å². The van der Waals surface area contributed by atoms with Crippen molar-refractivity contribution in [3.8, 4) is 0 Å². The Bertz CT molecular complexity index is 710. The summed E-state index contributed by atoms with van der Waals surface area (Å²) >= 11 is 1.61. The van der Waals surface area contributed by atoms with Gasteiger partial charge in [0, 0.05) is 16.8 Å². The zero-order chi connectivity index (χ0) is 14.8. The van der Waals surface area contributed by atoms with Gasteiger partial charge >= 0.3 is 0 Å². The highest BCUT2D eigenvalue weighted by Crippen LogP contribution is 2.23. The van der Waals surface area contributed by atoms with Crippen molar-refractivity contribution in [2.24, 2.45) is 0 Å². The molecule has 0 bridgehead atoms. The zero-order valence-electron chi connectivity index (χ0n) is 11.2. The number of thiazole rings is 1. The van der Waals surface area contributed by atoms with Gasteiger partial charge in [-0.3, -0.25) is 0 Å². The summed E-state index contributed by atoms with van der Waals surface area (Å²) < 4.78 is 25.6. The molecule has 0 saturated carbocycles. The quantitative estimate of drug-likeness (QED) is 0.728. The molecule has 1 aromatic heterocycles. The molecule has 0 aliphatic rings. The predicted molar refractivity (Wildman–Crippen MR) is 81.3 cm³/mol. The van der Waals surface area contributed by atoms with Crippen molar-refractivity contribution >= 4 is 32.7 Å². The van der Waals surface area contributed by atoms with Gasteiger partial charge in [-0.25, -0.2) is 18.1 Å². The van der Waals surface area contributed by atoms with Crippen molar-refractivity contribution in [2.45, 2.75) is 18.4 Å². The molecule has 0 unspecified atom stereocenters. The molecule has 0 radical (unpaired) electrons. The minimum Gasteiger partial charge on any atom is -0.398 e. The van der Waals surface area contributed by atoms with Gasteiger partial charge in [0.15, 0.2) is 0 Å². The van der Waals surface area contributed by atoms with Crippen LogP contribution in [0.5, 0.6) is 0 Å². The molecule has 2 aromatic rings. The maximum absolute atomic E-state index is 11.7. The highest BCUT2D eigenvalue weighted by Gasteiger charge is 2.15. The second-order valence-corrected chi connectivity index (χ2v) is 7.35. The Labute approximate surface area is 122 Å². The first-order valence-corrected chi connectivity index (χ1v) is 8.20. The van der Waals surface area contributed by atoms with Crippen LogP contribution in [0.1, 0.15) is 9.88 Å². The molecular formula is C12H16N4O2S2. The van der Waals surface area contributed by atoms with Crippen molar-refractivity contribution in [2.75, 3.05) is 18.1 Å². The van der Waals surface area contributed by atoms with E-state index in [1.807, 2.05) is 13.1 Å². The first-order chi connectivity index (χ1) is 9.42. The van der Waals surface area contributed by atoms with Crippen LogP contribution >= 0.6 is 11.3 Å². The molecule has 0 saturated heterocycles. The number of benzene rings is 1. The molecular weight excluding hydrogens is 296 g/mol. The number of rotatable bonds is 5. The van der Waals surface area contributed by atoms with Gasteiger partial charge in [0.05, 0.1) is 12.2 Å². The van der Waals surface area contributed by atoms with Crippen LogP contribution in [-0.4, -0.2) is 20.4 Å². The Morgan fingerprint density at radius 3 is 2.70 bits per heavy atom. The lowest BCUT2D eigenvalue weighted by Gasteiger charge is -2.09. The van der Waals surface area contributed by atoms with Gasteiger partial charge in [-0.1, -0.05) is 0 Å². The van der Waals surface area contributed by atoms with Gasteiger partial charge < -0.3 is 11.1 Å². The van der Waals surface area contributed by atoms with Crippen LogP contribution < -0.4 is 15.8 Å². The number of anilines is 2. The first-order valence-electron chi connectivity index (χ1n) is 5.90. The van der Waals surface area contributed by atoms with Gasteiger partial charge in [-0.05, 0) is 32.2 Å². The number of aryl methyl sites for hydroxylation is 1. The summed E-state index contributed by atoms with van der Waals surface area (Å²) in [7, 11) is -2.17. The number of sulfonamides is 1. The summed E-state index contributed by atoms with van der Waals surface area (Å²) in [5.74, 6) is 0. The van der Waals surface area contributed by atoms with E-state index in [2.05, 4.69) is 15.0 Å². The number of nitrogen functional groups attached to an aromatic ring is 1. The van der Waals surface area contributed by atoms with Crippen LogP contribution in [0, 0.1) is 6.92 Å². The molecule has 20 heavy (non-hydrogen) atoms. The second-order valence-electron chi connectivity index (χ2n) is 4.18. The van der Waals surface area contributed by atoms with Crippen molar-refractivity contribution in [3.63, 3.8) is 0 Å². The fraction of sp³-hybridized carbons (Fsp3) is 0.250. The van der Waals surface area contributed by atoms with Gasteiger partial charge in [0.1, 0.15) is 9.90 Å². The predicted octanol–water partition coefficient (Wildman–Crippen LogP) is 1.55. The minimum absolute atomic E-state index is 0.0793. The Hall–Kier alpha value is -1.64. The van der Waals surface area contributed by atoms with Gasteiger partial charge in [-0.2, -0.15) is 0 Å². The highest BCUT2D eigenvalue weighted by molar-refractivity contribution is 7.89. The Morgan fingerprint density at radius 2 is 2.15 bits per heavy atom. The lowest BCUT2D eigenvalue weighted by Crippen LogP contribution is -2.20. The van der Waals surface area contributed by atoms with E-state index in [0.717, 1.165) is 15.6 Å². The van der Waals surface area contributed by atoms with E-state index in [1.165, 1.54) is 13.1 Å². The molecule has 0 atom stereocenters. The summed E-state index contributed by atoms with van der Waals surface area (Å²) in [4.78, 5) is 5.47. The fourth-order valence-electron chi connectivity index (χ4n) is 1.67. The van der Waals surface area contributed by atoms with Crippen molar-refractivity contribution in [1.82, 2.24) is 9.71 Å². The topological polar surface area (TPSA) is 97.1 Å². The lowest BCUT2D eigenvalue weighted by atomic mass is 10.3. The van der Waals surface area contributed by atoms with Crippen molar-refractivity contribution < 1.29 is 8.42 Å². The fourth-order valence-corrected chi connectivity index (χ4v) is 3.24. The summed E-state index contributed by atoms with van der Waals surface area (Å²) in [6.45, 7) is 2.58. The van der Waals surface area contributed by atoms with Crippen LogP contribution in [0.15, 0.2) is 29.3 Å². The molecule has 2 rings (SSSR count). The number of nitrogens with two attached hydrogens (primary N) is 1. The van der Waals surface area contributed by atoms with Crippen molar-refractivity contribution in [3.05, 3.63) is 34.3 Å². The van der Waals surface area contributed by atoms with E-state index in [4.69, 9.17) is 5.73 Å². The number of hydrogen-bond acceptors (Lipinski definition) is 6. The standard InChI is InChI=1S/C12H16N4O2S2/c1-8-6-16-12(19-8)7-15-9-3-4-11(10(13)5-9)20(17,18)14-2/h3-6,14-15H,7,13H2,1-2H3. The number of nitrogens with zero attached hydrogens (tertiary/aromatic N) is 1. The number of nitrogens with one attached hydrogen (secondary N) is 2. The van der Waals surface area contributed by atoms with E-state index in [-0.39, 0.29) is 10.6 Å². The highest BCUT2D eigenvalue weighted by atomic mass is 32.2. The number of hydrogen-bond donors (Lipinski definition) is 3. The maximum Gasteiger partial charge on any atom is 0.242 e. The normalized spacial score (nSPS) is 11.5. The third-order valence-electron chi connectivity index (χ3n) is 2.68. The largest absolute Gasteiger partial charge is 0.398 e. The average molecular weight is 312 g/mol. The van der Waals surface area contributed by atoms with Gasteiger partial charge in [-0.15, -0.1) is 11.3 Å². The van der Waals surface area contributed by atoms with Crippen LogP contribution in [0.4, 0.5) is 11.4 Å². The summed E-state index contributed by atoms with van der Waals surface area (Å²) in [6, 6.07) is 4.77.